The summed E-state index contributed by atoms with van der Waals surface area (Å²) in [6.07, 6.45) is 2.13. The Morgan fingerprint density at radius 3 is 2.62 bits per heavy atom. The first-order valence-electron chi connectivity index (χ1n) is 5.27. The molecule has 5 heteroatoms. The molecule has 16 heavy (non-hydrogen) atoms. The van der Waals surface area contributed by atoms with Gasteiger partial charge in [-0.2, -0.15) is 0 Å². The number of hydrogen-bond acceptors (Lipinski definition) is 3. The fourth-order valence-corrected chi connectivity index (χ4v) is 2.88. The molecule has 0 N–H and O–H groups in total. The third kappa shape index (κ3) is 2.67. The maximum Gasteiger partial charge on any atom is 0.143 e. The van der Waals surface area contributed by atoms with Crippen LogP contribution in [0.3, 0.4) is 0 Å². The Labute approximate surface area is 109 Å². The van der Waals surface area contributed by atoms with Crippen molar-refractivity contribution < 1.29 is 4.74 Å². The van der Waals surface area contributed by atoms with Gasteiger partial charge in [0.05, 0.1) is 21.7 Å². The maximum absolute atomic E-state index is 5.88. The average Bonchev–Trinajstić information content (AvgIpc) is 2.15. The Bertz CT molecular complexity index is 378. The molecule has 0 bridgehead atoms. The molecule has 1 aliphatic heterocycles. The molecular weight excluding hydrogens is 291 g/mol. The second-order valence-electron chi connectivity index (χ2n) is 4.12. The Morgan fingerprint density at radius 2 is 2.06 bits per heavy atom. The van der Waals surface area contributed by atoms with Gasteiger partial charge in [-0.3, -0.25) is 0 Å². The normalized spacial score (nSPS) is 25.9. The fraction of sp³-hybridized carbons (Fsp3) is 0.545. The molecule has 0 spiro atoms. The second kappa shape index (κ2) is 4.90. The molecule has 1 saturated heterocycles. The van der Waals surface area contributed by atoms with Gasteiger partial charge in [0, 0.05) is 19.3 Å². The minimum atomic E-state index is 0.230. The van der Waals surface area contributed by atoms with Crippen LogP contribution >= 0.6 is 27.5 Å². The number of morpholine rings is 1. The first-order valence-corrected chi connectivity index (χ1v) is 6.45. The van der Waals surface area contributed by atoms with E-state index in [9.17, 15) is 0 Å². The number of anilines is 1. The quantitative estimate of drug-likeness (QED) is 0.797. The molecule has 0 aromatic carbocycles. The summed E-state index contributed by atoms with van der Waals surface area (Å²) in [5, 5.41) is 0.644. The molecular formula is C11H14BrClN2O. The number of halogens is 2. The van der Waals surface area contributed by atoms with Crippen LogP contribution < -0.4 is 4.90 Å². The lowest BCUT2D eigenvalue weighted by molar-refractivity contribution is -0.00549. The van der Waals surface area contributed by atoms with Gasteiger partial charge in [-0.1, -0.05) is 11.6 Å². The van der Waals surface area contributed by atoms with Crippen LogP contribution in [0.2, 0.25) is 5.02 Å². The van der Waals surface area contributed by atoms with Crippen molar-refractivity contribution in [1.29, 1.82) is 0 Å². The van der Waals surface area contributed by atoms with Crippen molar-refractivity contribution in [2.24, 2.45) is 0 Å². The van der Waals surface area contributed by atoms with Crippen molar-refractivity contribution in [3.05, 3.63) is 21.8 Å². The van der Waals surface area contributed by atoms with Gasteiger partial charge in [0.2, 0.25) is 0 Å². The number of rotatable bonds is 1. The molecule has 1 aliphatic rings. The van der Waals surface area contributed by atoms with Crippen LogP contribution in [-0.4, -0.2) is 30.3 Å². The van der Waals surface area contributed by atoms with Gasteiger partial charge in [0.1, 0.15) is 5.82 Å². The fourth-order valence-electron chi connectivity index (χ4n) is 1.99. The van der Waals surface area contributed by atoms with Gasteiger partial charge in [0.25, 0.3) is 0 Å². The van der Waals surface area contributed by atoms with Crippen LogP contribution in [-0.2, 0) is 4.74 Å². The molecule has 0 saturated carbocycles. The number of hydrogen-bond donors (Lipinski definition) is 0. The van der Waals surface area contributed by atoms with E-state index in [1.807, 2.05) is 6.07 Å². The highest BCUT2D eigenvalue weighted by Gasteiger charge is 2.24. The maximum atomic E-state index is 5.88. The summed E-state index contributed by atoms with van der Waals surface area (Å²) >= 11 is 9.37. The Kier molecular flexibility index (Phi) is 3.72. The van der Waals surface area contributed by atoms with Crippen molar-refractivity contribution in [3.8, 4) is 0 Å². The molecule has 1 fully saturated rings. The van der Waals surface area contributed by atoms with E-state index in [2.05, 4.69) is 39.7 Å². The SMILES string of the molecule is CC1CN(c2ncc(Cl)cc2Br)CC(C)O1. The lowest BCUT2D eigenvalue weighted by Gasteiger charge is -2.36. The van der Waals surface area contributed by atoms with Crippen molar-refractivity contribution in [1.82, 2.24) is 4.98 Å². The van der Waals surface area contributed by atoms with Crippen molar-refractivity contribution in [3.63, 3.8) is 0 Å². The standard InChI is InChI=1S/C11H14BrClN2O/c1-7-5-15(6-8(2)16-7)11-10(12)3-9(13)4-14-11/h3-4,7-8H,5-6H2,1-2H3. The van der Waals surface area contributed by atoms with Crippen LogP contribution in [0.15, 0.2) is 16.7 Å². The largest absolute Gasteiger partial charge is 0.372 e. The summed E-state index contributed by atoms with van der Waals surface area (Å²) in [4.78, 5) is 6.58. The lowest BCUT2D eigenvalue weighted by atomic mass is 10.2. The zero-order valence-electron chi connectivity index (χ0n) is 9.28. The number of pyridine rings is 1. The molecule has 0 amide bonds. The Balaban J connectivity index is 2.23. The highest BCUT2D eigenvalue weighted by Crippen LogP contribution is 2.28. The molecule has 0 aliphatic carbocycles. The summed E-state index contributed by atoms with van der Waals surface area (Å²) in [5.41, 5.74) is 0. The van der Waals surface area contributed by atoms with E-state index < -0.39 is 0 Å². The predicted molar refractivity (Wildman–Crippen MR) is 69.2 cm³/mol. The predicted octanol–water partition coefficient (Wildman–Crippen LogP) is 3.11. The number of nitrogens with zero attached hydrogens (tertiary/aromatic N) is 2. The van der Waals surface area contributed by atoms with E-state index >= 15 is 0 Å². The zero-order chi connectivity index (χ0) is 11.7. The van der Waals surface area contributed by atoms with Crippen molar-refractivity contribution in [2.45, 2.75) is 26.1 Å². The molecule has 1 aromatic heterocycles. The smallest absolute Gasteiger partial charge is 0.143 e. The number of aromatic nitrogens is 1. The third-order valence-corrected chi connectivity index (χ3v) is 3.30. The lowest BCUT2D eigenvalue weighted by Crippen LogP contribution is -2.46. The highest BCUT2D eigenvalue weighted by atomic mass is 79.9. The summed E-state index contributed by atoms with van der Waals surface area (Å²) in [6.45, 7) is 5.87. The van der Waals surface area contributed by atoms with Gasteiger partial charge in [0.15, 0.2) is 0 Å². The summed E-state index contributed by atoms with van der Waals surface area (Å²) in [6, 6.07) is 1.87. The van der Waals surface area contributed by atoms with Crippen LogP contribution in [0.5, 0.6) is 0 Å². The zero-order valence-corrected chi connectivity index (χ0v) is 11.6. The summed E-state index contributed by atoms with van der Waals surface area (Å²) < 4.78 is 6.62. The minimum Gasteiger partial charge on any atom is -0.372 e. The molecule has 3 nitrogen and oxygen atoms in total. The van der Waals surface area contributed by atoms with Crippen LogP contribution in [0.1, 0.15) is 13.8 Å². The van der Waals surface area contributed by atoms with Gasteiger partial charge in [-0.15, -0.1) is 0 Å². The molecule has 2 atom stereocenters. The monoisotopic (exact) mass is 304 g/mol. The van der Waals surface area contributed by atoms with Crippen molar-refractivity contribution in [2.75, 3.05) is 18.0 Å². The van der Waals surface area contributed by atoms with Crippen LogP contribution in [0, 0.1) is 0 Å². The molecule has 0 radical (unpaired) electrons. The highest BCUT2D eigenvalue weighted by molar-refractivity contribution is 9.10. The molecule has 1 aromatic rings. The minimum absolute atomic E-state index is 0.230. The van der Waals surface area contributed by atoms with E-state index in [1.165, 1.54) is 0 Å². The van der Waals surface area contributed by atoms with E-state index in [1.54, 1.807) is 6.20 Å². The summed E-state index contributed by atoms with van der Waals surface area (Å²) in [5.74, 6) is 0.936. The third-order valence-electron chi connectivity index (χ3n) is 2.51. The molecule has 2 rings (SSSR count). The van der Waals surface area contributed by atoms with E-state index in [4.69, 9.17) is 16.3 Å². The van der Waals surface area contributed by atoms with Crippen LogP contribution in [0.25, 0.3) is 0 Å². The van der Waals surface area contributed by atoms with Gasteiger partial charge in [-0.25, -0.2) is 4.98 Å². The summed E-state index contributed by atoms with van der Waals surface area (Å²) in [7, 11) is 0. The van der Waals surface area contributed by atoms with E-state index in [-0.39, 0.29) is 12.2 Å². The molecule has 2 unspecified atom stereocenters. The Hall–Kier alpha value is -0.320. The van der Waals surface area contributed by atoms with Gasteiger partial charge < -0.3 is 9.64 Å². The van der Waals surface area contributed by atoms with Gasteiger partial charge in [-0.05, 0) is 35.8 Å². The van der Waals surface area contributed by atoms with E-state index in [0.717, 1.165) is 23.4 Å². The first kappa shape index (κ1) is 12.1. The van der Waals surface area contributed by atoms with Crippen LogP contribution in [0.4, 0.5) is 5.82 Å². The number of ether oxygens (including phenoxy) is 1. The van der Waals surface area contributed by atoms with Gasteiger partial charge >= 0.3 is 0 Å². The topological polar surface area (TPSA) is 25.4 Å². The second-order valence-corrected chi connectivity index (χ2v) is 5.41. The molecule has 2 heterocycles. The molecule has 88 valence electrons. The van der Waals surface area contributed by atoms with E-state index in [0.29, 0.717) is 5.02 Å². The average molecular weight is 306 g/mol. The Morgan fingerprint density at radius 1 is 1.44 bits per heavy atom. The first-order chi connectivity index (χ1) is 7.56. The van der Waals surface area contributed by atoms with Crippen molar-refractivity contribution >= 4 is 33.3 Å².